The summed E-state index contributed by atoms with van der Waals surface area (Å²) in [6, 6.07) is 17.9. The number of hydrogen-bond acceptors (Lipinski definition) is 4. The monoisotopic (exact) mass is 369 g/mol. The van der Waals surface area contributed by atoms with Crippen LogP contribution < -0.4 is 0 Å². The van der Waals surface area contributed by atoms with Gasteiger partial charge in [-0.05, 0) is 48.9 Å². The summed E-state index contributed by atoms with van der Waals surface area (Å²) in [6.07, 6.45) is 1.61. The van der Waals surface area contributed by atoms with E-state index in [-0.39, 0.29) is 5.56 Å². The summed E-state index contributed by atoms with van der Waals surface area (Å²) in [7, 11) is 0. The number of imidazole rings is 1. The fourth-order valence-electron chi connectivity index (χ4n) is 2.94. The predicted octanol–water partition coefficient (Wildman–Crippen LogP) is 4.89. The van der Waals surface area contributed by atoms with Gasteiger partial charge in [0.1, 0.15) is 23.4 Å². The second-order valence-corrected chi connectivity index (χ2v) is 6.36. The van der Waals surface area contributed by atoms with Gasteiger partial charge in [-0.3, -0.25) is 0 Å². The van der Waals surface area contributed by atoms with Crippen LogP contribution in [0.4, 0.5) is 0 Å². The quantitative estimate of drug-likeness (QED) is 0.498. The number of fused-ring (bicyclic) bond motifs is 1. The Hall–Kier alpha value is -4.11. The number of nitrogens with one attached hydrogen (secondary N) is 1. The van der Waals surface area contributed by atoms with E-state index in [1.165, 1.54) is 6.07 Å². The number of aromatic nitrogens is 2. The number of rotatable bonds is 4. The topological polar surface area (TPSA) is 103 Å². The standard InChI is InChI=1S/C22H15N3O3/c1-13-5-7-18-19(9-13)25-21(24-18)16(12-23)11-17-6-8-20(28-17)14-3-2-4-15(10-14)22(26)27/h2-11H,1H3,(H,24,25)(H,26,27). The number of benzene rings is 2. The number of carboxylic acid groups (broad SMARTS) is 1. The van der Waals surface area contributed by atoms with Crippen molar-refractivity contribution in [3.63, 3.8) is 0 Å². The van der Waals surface area contributed by atoms with E-state index in [9.17, 15) is 10.1 Å². The molecule has 6 nitrogen and oxygen atoms in total. The molecule has 0 amide bonds. The van der Waals surface area contributed by atoms with E-state index in [0.717, 1.165) is 16.6 Å². The van der Waals surface area contributed by atoms with Crippen molar-refractivity contribution >= 4 is 28.7 Å². The molecule has 0 atom stereocenters. The van der Waals surface area contributed by atoms with E-state index in [4.69, 9.17) is 9.52 Å². The highest BCUT2D eigenvalue weighted by Gasteiger charge is 2.11. The van der Waals surface area contributed by atoms with E-state index < -0.39 is 5.97 Å². The molecule has 28 heavy (non-hydrogen) atoms. The Morgan fingerprint density at radius 2 is 2.07 bits per heavy atom. The summed E-state index contributed by atoms with van der Waals surface area (Å²) in [5.74, 6) is 0.463. The van der Waals surface area contributed by atoms with Crippen LogP contribution in [-0.4, -0.2) is 21.0 Å². The predicted molar refractivity (Wildman–Crippen MR) is 105 cm³/mol. The number of allylic oxidation sites excluding steroid dienone is 1. The average Bonchev–Trinajstić information content (AvgIpc) is 3.32. The number of aromatic carboxylic acids is 1. The fraction of sp³-hybridized carbons (Fsp3) is 0.0455. The largest absolute Gasteiger partial charge is 0.478 e. The minimum absolute atomic E-state index is 0.182. The second kappa shape index (κ2) is 6.89. The molecule has 0 unspecified atom stereocenters. The lowest BCUT2D eigenvalue weighted by Gasteiger charge is -1.99. The molecule has 2 aromatic carbocycles. The van der Waals surface area contributed by atoms with Crippen LogP contribution in [0.1, 0.15) is 27.5 Å². The molecular weight excluding hydrogens is 354 g/mol. The summed E-state index contributed by atoms with van der Waals surface area (Å²) in [5, 5.41) is 18.7. The van der Waals surface area contributed by atoms with Crippen molar-refractivity contribution in [2.24, 2.45) is 0 Å². The molecule has 2 aromatic heterocycles. The zero-order valence-corrected chi connectivity index (χ0v) is 14.9. The lowest BCUT2D eigenvalue weighted by atomic mass is 10.1. The van der Waals surface area contributed by atoms with Crippen molar-refractivity contribution in [2.75, 3.05) is 0 Å². The van der Waals surface area contributed by atoms with Crippen molar-refractivity contribution in [1.82, 2.24) is 9.97 Å². The molecule has 0 bridgehead atoms. The smallest absolute Gasteiger partial charge is 0.335 e. The van der Waals surface area contributed by atoms with Crippen LogP contribution in [-0.2, 0) is 0 Å². The minimum Gasteiger partial charge on any atom is -0.478 e. The first-order valence-corrected chi connectivity index (χ1v) is 8.55. The van der Waals surface area contributed by atoms with Crippen LogP contribution in [0.15, 0.2) is 59.0 Å². The molecule has 0 aliphatic rings. The summed E-state index contributed by atoms with van der Waals surface area (Å²) < 4.78 is 5.79. The molecule has 4 aromatic rings. The SMILES string of the molecule is Cc1ccc2nc(C(C#N)=Cc3ccc(-c4cccc(C(=O)O)c4)o3)[nH]c2c1. The van der Waals surface area contributed by atoms with Crippen LogP contribution in [0.2, 0.25) is 0 Å². The van der Waals surface area contributed by atoms with Gasteiger partial charge >= 0.3 is 5.97 Å². The van der Waals surface area contributed by atoms with Gasteiger partial charge in [0.2, 0.25) is 0 Å². The summed E-state index contributed by atoms with van der Waals surface area (Å²) in [5.41, 5.74) is 3.92. The summed E-state index contributed by atoms with van der Waals surface area (Å²) in [4.78, 5) is 18.8. The highest BCUT2D eigenvalue weighted by Crippen LogP contribution is 2.26. The molecule has 2 N–H and O–H groups in total. The van der Waals surface area contributed by atoms with Gasteiger partial charge in [-0.15, -0.1) is 0 Å². The van der Waals surface area contributed by atoms with Gasteiger partial charge in [0.05, 0.1) is 22.2 Å². The van der Waals surface area contributed by atoms with Gasteiger partial charge < -0.3 is 14.5 Å². The first-order valence-electron chi connectivity index (χ1n) is 8.55. The fourth-order valence-corrected chi connectivity index (χ4v) is 2.94. The van der Waals surface area contributed by atoms with Crippen molar-refractivity contribution in [3.8, 4) is 17.4 Å². The first-order chi connectivity index (χ1) is 13.5. The number of aromatic amines is 1. The van der Waals surface area contributed by atoms with Crippen LogP contribution in [0, 0.1) is 18.3 Å². The Kier molecular flexibility index (Phi) is 4.26. The number of hydrogen-bond donors (Lipinski definition) is 2. The molecule has 0 spiro atoms. The maximum absolute atomic E-state index is 11.1. The lowest BCUT2D eigenvalue weighted by Crippen LogP contribution is -1.95. The van der Waals surface area contributed by atoms with Crippen LogP contribution in [0.5, 0.6) is 0 Å². The number of nitrogens with zero attached hydrogens (tertiary/aromatic N) is 2. The summed E-state index contributed by atoms with van der Waals surface area (Å²) in [6.45, 7) is 1.99. The highest BCUT2D eigenvalue weighted by atomic mass is 16.4. The molecule has 2 heterocycles. The van der Waals surface area contributed by atoms with E-state index in [1.54, 1.807) is 36.4 Å². The Morgan fingerprint density at radius 1 is 1.21 bits per heavy atom. The molecule has 0 saturated carbocycles. The van der Waals surface area contributed by atoms with Gasteiger partial charge in [-0.1, -0.05) is 18.2 Å². The van der Waals surface area contributed by atoms with E-state index >= 15 is 0 Å². The minimum atomic E-state index is -1.000. The normalized spacial score (nSPS) is 11.5. The zero-order chi connectivity index (χ0) is 19.7. The Balaban J connectivity index is 1.68. The van der Waals surface area contributed by atoms with Gasteiger partial charge in [0, 0.05) is 11.6 Å². The van der Waals surface area contributed by atoms with Gasteiger partial charge in [0.25, 0.3) is 0 Å². The number of H-pyrrole nitrogens is 1. The van der Waals surface area contributed by atoms with Crippen molar-refractivity contribution in [2.45, 2.75) is 6.92 Å². The zero-order valence-electron chi connectivity index (χ0n) is 14.9. The van der Waals surface area contributed by atoms with Gasteiger partial charge in [-0.25, -0.2) is 9.78 Å². The van der Waals surface area contributed by atoms with Crippen LogP contribution in [0.25, 0.3) is 34.0 Å². The molecule has 0 saturated heterocycles. The third kappa shape index (κ3) is 3.29. The molecule has 0 fully saturated rings. The number of carboxylic acids is 1. The molecule has 6 heteroatoms. The third-order valence-corrected chi connectivity index (χ3v) is 4.32. The number of furan rings is 1. The number of aryl methyl sites for hydroxylation is 1. The molecule has 4 rings (SSSR count). The Labute approximate surface area is 160 Å². The summed E-state index contributed by atoms with van der Waals surface area (Å²) >= 11 is 0. The van der Waals surface area contributed by atoms with E-state index in [2.05, 4.69) is 16.0 Å². The van der Waals surface area contributed by atoms with Crippen molar-refractivity contribution < 1.29 is 14.3 Å². The molecule has 0 aliphatic carbocycles. The Bertz CT molecular complexity index is 1270. The number of nitriles is 1. The first kappa shape index (κ1) is 17.3. The average molecular weight is 369 g/mol. The van der Waals surface area contributed by atoms with Crippen molar-refractivity contribution in [1.29, 1.82) is 5.26 Å². The van der Waals surface area contributed by atoms with E-state index in [0.29, 0.717) is 28.5 Å². The molecule has 136 valence electrons. The van der Waals surface area contributed by atoms with Crippen LogP contribution in [0.3, 0.4) is 0 Å². The molecular formula is C22H15N3O3. The van der Waals surface area contributed by atoms with E-state index in [1.807, 2.05) is 25.1 Å². The Morgan fingerprint density at radius 3 is 2.86 bits per heavy atom. The molecule has 0 aliphatic heterocycles. The molecule has 0 radical (unpaired) electrons. The third-order valence-electron chi connectivity index (χ3n) is 4.32. The van der Waals surface area contributed by atoms with Gasteiger partial charge in [0.15, 0.2) is 0 Å². The van der Waals surface area contributed by atoms with Crippen LogP contribution >= 0.6 is 0 Å². The highest BCUT2D eigenvalue weighted by molar-refractivity contribution is 5.90. The maximum atomic E-state index is 11.1. The maximum Gasteiger partial charge on any atom is 0.335 e. The second-order valence-electron chi connectivity index (χ2n) is 6.36. The van der Waals surface area contributed by atoms with Crippen molar-refractivity contribution in [3.05, 3.63) is 77.3 Å². The van der Waals surface area contributed by atoms with Gasteiger partial charge in [-0.2, -0.15) is 5.26 Å². The lowest BCUT2D eigenvalue weighted by molar-refractivity contribution is 0.0697. The number of carbonyl (C=O) groups is 1.